The number of pyridine rings is 1. The highest BCUT2D eigenvalue weighted by molar-refractivity contribution is 5.94. The summed E-state index contributed by atoms with van der Waals surface area (Å²) in [5.74, 6) is -0.560. The molecule has 0 saturated carbocycles. The fourth-order valence-corrected chi connectivity index (χ4v) is 4.03. The maximum Gasteiger partial charge on any atom is 0.271 e. The number of aromatic nitrogens is 1. The molecule has 1 heterocycles. The predicted octanol–water partition coefficient (Wildman–Crippen LogP) is 7.36. The molecular weight excluding hydrogens is 425 g/mol. The minimum Gasteiger partial charge on any atom is -0.267 e. The fourth-order valence-electron chi connectivity index (χ4n) is 4.03. The summed E-state index contributed by atoms with van der Waals surface area (Å²) in [6, 6.07) is 9.55. The molecule has 0 spiro atoms. The number of hydrogen-bond donors (Lipinski definition) is 1. The Hall–Kier alpha value is -2.56. The quantitative estimate of drug-likeness (QED) is 0.106. The third-order valence-electron chi connectivity index (χ3n) is 6.17. The number of nitrogens with zero attached hydrogens (tertiary/aromatic N) is 2. The topological polar surface area (TPSA) is 45.3 Å². The van der Waals surface area contributed by atoms with Gasteiger partial charge in [0, 0.05) is 18.6 Å². The number of rotatable bonds is 18. The van der Waals surface area contributed by atoms with Gasteiger partial charge in [-0.25, -0.2) is 14.4 Å². The zero-order valence-electron chi connectivity index (χ0n) is 21.0. The van der Waals surface area contributed by atoms with Gasteiger partial charge in [-0.05, 0) is 24.1 Å². The number of unbranched alkanes of at least 4 members (excludes halogenated alkanes) is 13. The molecule has 1 aromatic carbocycles. The van der Waals surface area contributed by atoms with Crippen molar-refractivity contribution >= 4 is 12.1 Å². The first kappa shape index (κ1) is 27.7. The highest BCUT2D eigenvalue weighted by atomic mass is 19.1. The van der Waals surface area contributed by atoms with Crippen molar-refractivity contribution in [3.63, 3.8) is 0 Å². The molecule has 0 radical (unpaired) electrons. The summed E-state index contributed by atoms with van der Waals surface area (Å²) in [5.41, 5.74) is 3.79. The average Bonchev–Trinajstić information content (AvgIpc) is 2.86. The van der Waals surface area contributed by atoms with E-state index in [2.05, 4.69) is 22.0 Å². The van der Waals surface area contributed by atoms with Crippen molar-refractivity contribution in [2.75, 3.05) is 0 Å². The Morgan fingerprint density at radius 2 is 1.29 bits per heavy atom. The van der Waals surface area contributed by atoms with Gasteiger partial charge in [0.15, 0.2) is 12.4 Å². The Balaban J connectivity index is 1.48. The van der Waals surface area contributed by atoms with Crippen LogP contribution in [0, 0.1) is 5.82 Å². The van der Waals surface area contributed by atoms with Crippen LogP contribution in [-0.2, 0) is 6.54 Å². The molecule has 0 saturated heterocycles. The van der Waals surface area contributed by atoms with Crippen LogP contribution in [0.5, 0.6) is 0 Å². The van der Waals surface area contributed by atoms with Crippen molar-refractivity contribution in [2.24, 2.45) is 5.10 Å². The fraction of sp³-hybridized carbons (Fsp3) is 0.552. The summed E-state index contributed by atoms with van der Waals surface area (Å²) in [6.07, 6.45) is 24.5. The summed E-state index contributed by atoms with van der Waals surface area (Å²) in [4.78, 5) is 12.2. The van der Waals surface area contributed by atoms with Gasteiger partial charge in [0.2, 0.25) is 0 Å². The zero-order valence-corrected chi connectivity index (χ0v) is 21.0. The standard InChI is InChI=1S/C29H42FN3O/c1-2-3-4-5-6-7-8-9-10-11-12-13-14-15-22-33-23-20-27(21-24-33)29(34)32-31-25-26-16-18-28(30)19-17-26/h16-21,23-25H,2-15,22H2,1H3/p+1. The summed E-state index contributed by atoms with van der Waals surface area (Å²) >= 11 is 0. The van der Waals surface area contributed by atoms with Crippen LogP contribution in [0.15, 0.2) is 53.9 Å². The van der Waals surface area contributed by atoms with Crippen LogP contribution in [0.1, 0.15) is 113 Å². The monoisotopic (exact) mass is 468 g/mol. The molecule has 4 nitrogen and oxygen atoms in total. The van der Waals surface area contributed by atoms with Crippen LogP contribution in [-0.4, -0.2) is 12.1 Å². The Bertz CT molecular complexity index is 818. The second kappa shape index (κ2) is 17.9. The largest absolute Gasteiger partial charge is 0.271 e. The van der Waals surface area contributed by atoms with Crippen molar-refractivity contribution in [3.05, 3.63) is 65.7 Å². The molecule has 2 rings (SSSR count). The summed E-state index contributed by atoms with van der Waals surface area (Å²) < 4.78 is 15.0. The first-order valence-electron chi connectivity index (χ1n) is 13.3. The minimum atomic E-state index is -0.298. The van der Waals surface area contributed by atoms with E-state index in [-0.39, 0.29) is 11.7 Å². The Kier molecular flexibility index (Phi) is 14.5. The Morgan fingerprint density at radius 1 is 0.794 bits per heavy atom. The van der Waals surface area contributed by atoms with Gasteiger partial charge in [0.1, 0.15) is 12.4 Å². The number of benzene rings is 1. The third kappa shape index (κ3) is 12.6. The van der Waals surface area contributed by atoms with Crippen molar-refractivity contribution in [2.45, 2.75) is 103 Å². The number of hydrogen-bond acceptors (Lipinski definition) is 2. The lowest BCUT2D eigenvalue weighted by molar-refractivity contribution is -0.697. The smallest absolute Gasteiger partial charge is 0.267 e. The molecule has 0 aliphatic carbocycles. The van der Waals surface area contributed by atoms with Crippen LogP contribution in [0.25, 0.3) is 0 Å². The van der Waals surface area contributed by atoms with Gasteiger partial charge in [0.25, 0.3) is 5.91 Å². The van der Waals surface area contributed by atoms with E-state index in [1.54, 1.807) is 12.1 Å². The molecule has 1 N–H and O–H groups in total. The maximum atomic E-state index is 12.9. The molecule has 0 fully saturated rings. The van der Waals surface area contributed by atoms with Crippen LogP contribution in [0.2, 0.25) is 0 Å². The van der Waals surface area contributed by atoms with Crippen LogP contribution >= 0.6 is 0 Å². The molecule has 5 heteroatoms. The minimum absolute atomic E-state index is 0.262. The van der Waals surface area contributed by atoms with E-state index in [1.165, 1.54) is 102 Å². The summed E-state index contributed by atoms with van der Waals surface area (Å²) in [6.45, 7) is 3.25. The van der Waals surface area contributed by atoms with E-state index in [4.69, 9.17) is 0 Å². The van der Waals surface area contributed by atoms with E-state index in [9.17, 15) is 9.18 Å². The Labute approximate surface area is 205 Å². The molecule has 34 heavy (non-hydrogen) atoms. The van der Waals surface area contributed by atoms with Gasteiger partial charge >= 0.3 is 0 Å². The molecule has 1 aromatic heterocycles. The number of hydrazone groups is 1. The lowest BCUT2D eigenvalue weighted by Gasteiger charge is -2.03. The van der Waals surface area contributed by atoms with Gasteiger partial charge < -0.3 is 0 Å². The van der Waals surface area contributed by atoms with Crippen molar-refractivity contribution in [1.82, 2.24) is 5.43 Å². The van der Waals surface area contributed by atoms with E-state index < -0.39 is 0 Å². The normalized spacial score (nSPS) is 11.2. The van der Waals surface area contributed by atoms with E-state index in [0.29, 0.717) is 5.56 Å². The number of aryl methyl sites for hydroxylation is 1. The van der Waals surface area contributed by atoms with E-state index >= 15 is 0 Å². The Morgan fingerprint density at radius 3 is 1.82 bits per heavy atom. The van der Waals surface area contributed by atoms with E-state index in [0.717, 1.165) is 18.5 Å². The molecule has 0 aliphatic rings. The van der Waals surface area contributed by atoms with Crippen LogP contribution in [0.3, 0.4) is 0 Å². The van der Waals surface area contributed by atoms with Gasteiger partial charge in [-0.1, -0.05) is 96.1 Å². The van der Waals surface area contributed by atoms with Crippen molar-refractivity contribution in [3.8, 4) is 0 Å². The summed E-state index contributed by atoms with van der Waals surface area (Å²) in [7, 11) is 0. The van der Waals surface area contributed by atoms with Crippen molar-refractivity contribution < 1.29 is 13.8 Å². The van der Waals surface area contributed by atoms with Crippen molar-refractivity contribution in [1.29, 1.82) is 0 Å². The molecule has 0 aliphatic heterocycles. The summed E-state index contributed by atoms with van der Waals surface area (Å²) in [5, 5.41) is 3.94. The first-order chi connectivity index (χ1) is 16.7. The molecule has 0 atom stereocenters. The molecule has 186 valence electrons. The van der Waals surface area contributed by atoms with Gasteiger partial charge in [-0.15, -0.1) is 0 Å². The average molecular weight is 469 g/mol. The third-order valence-corrected chi connectivity index (χ3v) is 6.17. The second-order valence-electron chi connectivity index (χ2n) is 9.17. The lowest BCUT2D eigenvalue weighted by atomic mass is 10.0. The molecule has 1 amide bonds. The van der Waals surface area contributed by atoms with Crippen LogP contribution in [0.4, 0.5) is 4.39 Å². The second-order valence-corrected chi connectivity index (χ2v) is 9.17. The number of amides is 1. The molecule has 0 unspecified atom stereocenters. The molecule has 2 aromatic rings. The van der Waals surface area contributed by atoms with E-state index in [1.807, 2.05) is 24.5 Å². The predicted molar refractivity (Wildman–Crippen MR) is 138 cm³/mol. The van der Waals surface area contributed by atoms with Gasteiger partial charge in [0.05, 0.1) is 11.8 Å². The number of carbonyl (C=O) groups is 1. The van der Waals surface area contributed by atoms with Gasteiger partial charge in [-0.3, -0.25) is 4.79 Å². The lowest BCUT2D eigenvalue weighted by Crippen LogP contribution is -2.33. The van der Waals surface area contributed by atoms with Gasteiger partial charge in [-0.2, -0.15) is 5.10 Å². The molecule has 0 bridgehead atoms. The number of nitrogens with one attached hydrogen (secondary N) is 1. The highest BCUT2D eigenvalue weighted by Crippen LogP contribution is 2.13. The SMILES string of the molecule is CCCCCCCCCCCCCCCC[n+]1ccc(C(=O)NN=Cc2ccc(F)cc2)cc1. The highest BCUT2D eigenvalue weighted by Gasteiger charge is 2.07. The molecular formula is C29H43FN3O+. The number of halogens is 1. The number of carbonyl (C=O) groups excluding carboxylic acids is 1. The zero-order chi connectivity index (χ0) is 24.3. The first-order valence-corrected chi connectivity index (χ1v) is 13.3. The van der Waals surface area contributed by atoms with Crippen LogP contribution < -0.4 is 9.99 Å². The maximum absolute atomic E-state index is 12.9.